The number of nitrogens with zero attached hydrogens (tertiary/aromatic N) is 1. The van der Waals surface area contributed by atoms with Gasteiger partial charge in [0.25, 0.3) is 0 Å². The third-order valence-corrected chi connectivity index (χ3v) is 2.36. The summed E-state index contributed by atoms with van der Waals surface area (Å²) >= 11 is 0. The summed E-state index contributed by atoms with van der Waals surface area (Å²) < 4.78 is 0. The van der Waals surface area contributed by atoms with Crippen LogP contribution in [0.4, 0.5) is 17.1 Å². The van der Waals surface area contributed by atoms with Crippen LogP contribution in [-0.2, 0) is 4.79 Å². The Labute approximate surface area is 82.7 Å². The van der Waals surface area contributed by atoms with Crippen LogP contribution in [0.15, 0.2) is 18.2 Å². The second kappa shape index (κ2) is 3.21. The lowest BCUT2D eigenvalue weighted by Crippen LogP contribution is -2.39. The molecule has 0 bridgehead atoms. The van der Waals surface area contributed by atoms with Crippen LogP contribution in [0.1, 0.15) is 6.92 Å². The Kier molecular flexibility index (Phi) is 2.04. The fourth-order valence-electron chi connectivity index (χ4n) is 1.68. The summed E-state index contributed by atoms with van der Waals surface area (Å²) in [5, 5.41) is 3.05. The number of carbonyl (C=O) groups excluding carboxylic acids is 1. The predicted octanol–water partition coefficient (Wildman–Crippen LogP) is 1.05. The smallest absolute Gasteiger partial charge is 0.246 e. The first-order valence-corrected chi connectivity index (χ1v) is 4.66. The van der Waals surface area contributed by atoms with Crippen LogP contribution < -0.4 is 16.0 Å². The van der Waals surface area contributed by atoms with Crippen LogP contribution in [0.5, 0.6) is 0 Å². The molecule has 0 fully saturated rings. The molecule has 0 aliphatic carbocycles. The molecule has 0 saturated carbocycles. The Morgan fingerprint density at radius 1 is 1.57 bits per heavy atom. The highest BCUT2D eigenvalue weighted by molar-refractivity contribution is 6.03. The third-order valence-electron chi connectivity index (χ3n) is 2.36. The third kappa shape index (κ3) is 1.28. The van der Waals surface area contributed by atoms with E-state index in [2.05, 4.69) is 5.32 Å². The number of nitrogen functional groups attached to an aromatic ring is 1. The lowest BCUT2D eigenvalue weighted by Gasteiger charge is -2.29. The van der Waals surface area contributed by atoms with Gasteiger partial charge >= 0.3 is 0 Å². The van der Waals surface area contributed by atoms with Gasteiger partial charge in [-0.1, -0.05) is 0 Å². The number of benzene rings is 1. The zero-order valence-electron chi connectivity index (χ0n) is 8.08. The molecule has 4 heteroatoms. The van der Waals surface area contributed by atoms with E-state index in [1.165, 1.54) is 0 Å². The van der Waals surface area contributed by atoms with Gasteiger partial charge in [0.2, 0.25) is 5.91 Å². The molecule has 4 nitrogen and oxygen atoms in total. The topological polar surface area (TPSA) is 58.4 Å². The molecule has 1 aliphatic rings. The average Bonchev–Trinajstić information content (AvgIpc) is 2.18. The quantitative estimate of drug-likeness (QED) is 0.652. The summed E-state index contributed by atoms with van der Waals surface area (Å²) in [6.07, 6.45) is 0. The number of likely N-dealkylation sites (N-methyl/N-ethyl adjacent to an activating group) is 1. The van der Waals surface area contributed by atoms with E-state index in [0.29, 0.717) is 18.8 Å². The second-order valence-corrected chi connectivity index (χ2v) is 3.27. The van der Waals surface area contributed by atoms with Crippen LogP contribution in [0, 0.1) is 0 Å². The van der Waals surface area contributed by atoms with Crippen molar-refractivity contribution in [2.24, 2.45) is 0 Å². The lowest BCUT2D eigenvalue weighted by atomic mass is 10.2. The fourth-order valence-corrected chi connectivity index (χ4v) is 1.68. The first-order chi connectivity index (χ1) is 6.72. The van der Waals surface area contributed by atoms with Gasteiger partial charge < -0.3 is 16.0 Å². The summed E-state index contributed by atoms with van der Waals surface area (Å²) in [6, 6.07) is 5.53. The standard InChI is InChI=1S/C10H13N3O/c1-2-13-9-4-3-7(11)5-8(9)12-6-10(13)14/h3-5,12H,2,6,11H2,1H3. The van der Waals surface area contributed by atoms with E-state index in [0.717, 1.165) is 11.4 Å². The monoisotopic (exact) mass is 191 g/mol. The maximum atomic E-state index is 11.5. The van der Waals surface area contributed by atoms with Crippen molar-refractivity contribution in [3.63, 3.8) is 0 Å². The van der Waals surface area contributed by atoms with Crippen molar-refractivity contribution in [2.75, 3.05) is 29.0 Å². The first kappa shape index (κ1) is 8.87. The molecule has 0 aromatic heterocycles. The van der Waals surface area contributed by atoms with E-state index >= 15 is 0 Å². The van der Waals surface area contributed by atoms with Gasteiger partial charge in [-0.3, -0.25) is 4.79 Å². The molecule has 0 atom stereocenters. The predicted molar refractivity (Wildman–Crippen MR) is 57.4 cm³/mol. The first-order valence-electron chi connectivity index (χ1n) is 4.66. The molecule has 1 heterocycles. The SMILES string of the molecule is CCN1C(=O)CNc2cc(N)ccc21. The van der Waals surface area contributed by atoms with Gasteiger partial charge in [-0.15, -0.1) is 0 Å². The summed E-state index contributed by atoms with van der Waals surface area (Å²) in [4.78, 5) is 13.3. The van der Waals surface area contributed by atoms with Gasteiger partial charge in [-0.25, -0.2) is 0 Å². The van der Waals surface area contributed by atoms with Gasteiger partial charge in [0, 0.05) is 12.2 Å². The van der Waals surface area contributed by atoms with Gasteiger partial charge in [-0.05, 0) is 25.1 Å². The minimum absolute atomic E-state index is 0.102. The van der Waals surface area contributed by atoms with Crippen LogP contribution in [0.3, 0.4) is 0 Å². The normalized spacial score (nSPS) is 14.9. The number of hydrogen-bond acceptors (Lipinski definition) is 3. The van der Waals surface area contributed by atoms with Crippen LogP contribution in [0.2, 0.25) is 0 Å². The molecule has 0 spiro atoms. The van der Waals surface area contributed by atoms with Gasteiger partial charge in [0.15, 0.2) is 0 Å². The van der Waals surface area contributed by atoms with E-state index in [-0.39, 0.29) is 5.91 Å². The minimum atomic E-state index is 0.102. The van der Waals surface area contributed by atoms with Crippen LogP contribution in [0.25, 0.3) is 0 Å². The Morgan fingerprint density at radius 2 is 2.36 bits per heavy atom. The highest BCUT2D eigenvalue weighted by atomic mass is 16.2. The summed E-state index contributed by atoms with van der Waals surface area (Å²) in [5.74, 6) is 0.102. The van der Waals surface area contributed by atoms with E-state index in [4.69, 9.17) is 5.73 Å². The van der Waals surface area contributed by atoms with Gasteiger partial charge in [0.05, 0.1) is 17.9 Å². The van der Waals surface area contributed by atoms with Crippen LogP contribution >= 0.6 is 0 Å². The van der Waals surface area contributed by atoms with E-state index in [9.17, 15) is 4.79 Å². The lowest BCUT2D eigenvalue weighted by molar-refractivity contribution is -0.117. The molecule has 0 radical (unpaired) electrons. The van der Waals surface area contributed by atoms with E-state index in [1.807, 2.05) is 25.1 Å². The molecular weight excluding hydrogens is 178 g/mol. The Morgan fingerprint density at radius 3 is 3.07 bits per heavy atom. The van der Waals surface area contributed by atoms with Crippen molar-refractivity contribution < 1.29 is 4.79 Å². The fraction of sp³-hybridized carbons (Fsp3) is 0.300. The molecule has 1 aliphatic heterocycles. The second-order valence-electron chi connectivity index (χ2n) is 3.27. The molecule has 3 N–H and O–H groups in total. The molecule has 0 saturated heterocycles. The number of fused-ring (bicyclic) bond motifs is 1. The molecule has 74 valence electrons. The number of nitrogens with two attached hydrogens (primary N) is 1. The molecule has 2 rings (SSSR count). The summed E-state index contributed by atoms with van der Waals surface area (Å²) in [7, 11) is 0. The van der Waals surface area contributed by atoms with Crippen molar-refractivity contribution in [3.8, 4) is 0 Å². The number of nitrogens with one attached hydrogen (secondary N) is 1. The highest BCUT2D eigenvalue weighted by Gasteiger charge is 2.21. The van der Waals surface area contributed by atoms with Crippen LogP contribution in [-0.4, -0.2) is 19.0 Å². The van der Waals surface area contributed by atoms with Crippen molar-refractivity contribution >= 4 is 23.0 Å². The largest absolute Gasteiger partial charge is 0.399 e. The van der Waals surface area contributed by atoms with E-state index < -0.39 is 0 Å². The molecule has 0 unspecified atom stereocenters. The number of carbonyl (C=O) groups is 1. The summed E-state index contributed by atoms with van der Waals surface area (Å²) in [5.41, 5.74) is 8.22. The number of rotatable bonds is 1. The molecular formula is C10H13N3O. The van der Waals surface area contributed by atoms with E-state index in [1.54, 1.807) is 4.90 Å². The Hall–Kier alpha value is -1.71. The zero-order valence-corrected chi connectivity index (χ0v) is 8.08. The molecule has 1 aromatic rings. The van der Waals surface area contributed by atoms with Crippen molar-refractivity contribution in [3.05, 3.63) is 18.2 Å². The molecule has 14 heavy (non-hydrogen) atoms. The Balaban J connectivity index is 2.47. The average molecular weight is 191 g/mol. The number of hydrogen-bond donors (Lipinski definition) is 2. The number of amides is 1. The van der Waals surface area contributed by atoms with Gasteiger partial charge in [0.1, 0.15) is 0 Å². The molecule has 1 amide bonds. The minimum Gasteiger partial charge on any atom is -0.399 e. The number of anilines is 3. The maximum Gasteiger partial charge on any atom is 0.246 e. The molecule has 1 aromatic carbocycles. The van der Waals surface area contributed by atoms with Gasteiger partial charge in [-0.2, -0.15) is 0 Å². The van der Waals surface area contributed by atoms with Crippen molar-refractivity contribution in [1.29, 1.82) is 0 Å². The Bertz CT molecular complexity index is 376. The van der Waals surface area contributed by atoms with Crippen molar-refractivity contribution in [2.45, 2.75) is 6.92 Å². The maximum absolute atomic E-state index is 11.5. The summed E-state index contributed by atoms with van der Waals surface area (Å²) in [6.45, 7) is 3.01. The van der Waals surface area contributed by atoms with Crippen molar-refractivity contribution in [1.82, 2.24) is 0 Å². The zero-order chi connectivity index (χ0) is 10.1. The highest BCUT2D eigenvalue weighted by Crippen LogP contribution is 2.30.